The number of carbonyl (C=O) groups is 2. The van der Waals surface area contributed by atoms with E-state index in [0.717, 1.165) is 0 Å². The molecule has 0 aliphatic heterocycles. The summed E-state index contributed by atoms with van der Waals surface area (Å²) in [7, 11) is 0. The van der Waals surface area contributed by atoms with Crippen molar-refractivity contribution in [2.75, 3.05) is 10.6 Å². The lowest BCUT2D eigenvalue weighted by molar-refractivity contribution is -0.112. The van der Waals surface area contributed by atoms with Crippen molar-refractivity contribution >= 4 is 40.8 Å². The zero-order valence-corrected chi connectivity index (χ0v) is 15.9. The number of aromatic nitrogens is 4. The molecule has 9 nitrogen and oxygen atoms in total. The van der Waals surface area contributed by atoms with Crippen molar-refractivity contribution in [2.45, 2.75) is 33.6 Å². The Balaban J connectivity index is 2.55. The van der Waals surface area contributed by atoms with Gasteiger partial charge in [0, 0.05) is 0 Å². The van der Waals surface area contributed by atoms with Crippen molar-refractivity contribution in [3.8, 4) is 0 Å². The van der Waals surface area contributed by atoms with E-state index in [4.69, 9.17) is 0 Å². The molecule has 2 aromatic rings. The first-order chi connectivity index (χ1) is 13.5. The lowest BCUT2D eigenvalue weighted by Gasteiger charge is -2.09. The van der Waals surface area contributed by atoms with Gasteiger partial charge in [0.1, 0.15) is 11.2 Å². The van der Waals surface area contributed by atoms with Gasteiger partial charge < -0.3 is 10.3 Å². The van der Waals surface area contributed by atoms with E-state index < -0.39 is 17.4 Å². The number of anilines is 2. The molecule has 0 bridgehead atoms. The zero-order chi connectivity index (χ0) is 20.5. The van der Waals surface area contributed by atoms with Crippen LogP contribution in [0.25, 0.3) is 17.2 Å². The highest BCUT2D eigenvalue weighted by molar-refractivity contribution is 6.04. The molecular weight excluding hydrogens is 360 g/mol. The molecule has 9 heteroatoms. The molecule has 0 atom stereocenters. The van der Waals surface area contributed by atoms with Crippen LogP contribution in [0.15, 0.2) is 35.2 Å². The van der Waals surface area contributed by atoms with Gasteiger partial charge >= 0.3 is 0 Å². The van der Waals surface area contributed by atoms with Crippen LogP contribution in [0.2, 0.25) is 0 Å². The van der Waals surface area contributed by atoms with E-state index in [1.54, 1.807) is 25.2 Å². The molecule has 3 N–H and O–H groups in total. The maximum atomic E-state index is 12.1. The molecule has 0 aliphatic carbocycles. The number of aromatic amines is 1. The molecule has 0 aliphatic rings. The number of H-pyrrole nitrogens is 1. The van der Waals surface area contributed by atoms with E-state index in [2.05, 4.69) is 30.6 Å². The smallest absolute Gasteiger partial charge is 0.275 e. The van der Waals surface area contributed by atoms with Crippen molar-refractivity contribution in [2.24, 2.45) is 0 Å². The average molecular weight is 382 g/mol. The average Bonchev–Trinajstić information content (AvgIpc) is 2.66. The first-order valence-electron chi connectivity index (χ1n) is 8.88. The van der Waals surface area contributed by atoms with Crippen LogP contribution in [-0.4, -0.2) is 31.8 Å². The summed E-state index contributed by atoms with van der Waals surface area (Å²) in [5.41, 5.74) is 0.00215. The second kappa shape index (κ2) is 9.91. The van der Waals surface area contributed by atoms with Gasteiger partial charge in [-0.05, 0) is 38.0 Å². The van der Waals surface area contributed by atoms with E-state index in [1.165, 1.54) is 18.2 Å². The van der Waals surface area contributed by atoms with E-state index in [1.807, 2.05) is 13.8 Å². The fourth-order valence-corrected chi connectivity index (χ4v) is 2.16. The molecule has 0 aromatic carbocycles. The van der Waals surface area contributed by atoms with Crippen LogP contribution in [0.5, 0.6) is 0 Å². The van der Waals surface area contributed by atoms with Crippen molar-refractivity contribution < 1.29 is 9.59 Å². The van der Waals surface area contributed by atoms with Gasteiger partial charge in [-0.25, -0.2) is 4.98 Å². The predicted octanol–water partition coefficient (Wildman–Crippen LogP) is 2.56. The summed E-state index contributed by atoms with van der Waals surface area (Å²) in [4.78, 5) is 51.3. The second-order valence-electron chi connectivity index (χ2n) is 5.64. The lowest BCUT2D eigenvalue weighted by atomic mass is 10.3. The number of allylic oxidation sites excluding steroid dienone is 3. The van der Waals surface area contributed by atoms with Crippen molar-refractivity contribution in [3.05, 3.63) is 46.4 Å². The molecule has 2 heterocycles. The Hall–Kier alpha value is -3.62. The Bertz CT molecular complexity index is 1020. The van der Waals surface area contributed by atoms with Crippen LogP contribution in [0.1, 0.15) is 39.3 Å². The summed E-state index contributed by atoms with van der Waals surface area (Å²) < 4.78 is 0. The first-order valence-corrected chi connectivity index (χ1v) is 8.88. The predicted molar refractivity (Wildman–Crippen MR) is 109 cm³/mol. The summed E-state index contributed by atoms with van der Waals surface area (Å²) in [6.45, 7) is 5.55. The highest BCUT2D eigenvalue weighted by Crippen LogP contribution is 2.18. The second-order valence-corrected chi connectivity index (χ2v) is 5.64. The number of nitrogens with zero attached hydrogens (tertiary/aromatic N) is 3. The van der Waals surface area contributed by atoms with Crippen LogP contribution < -0.4 is 16.2 Å². The fourth-order valence-electron chi connectivity index (χ4n) is 2.16. The Labute approximate surface area is 161 Å². The number of nitrogens with one attached hydrogen (secondary N) is 3. The van der Waals surface area contributed by atoms with Gasteiger partial charge in [-0.1, -0.05) is 32.1 Å². The summed E-state index contributed by atoms with van der Waals surface area (Å²) in [5, 5.41) is 5.11. The number of hydrogen-bond acceptors (Lipinski definition) is 6. The minimum absolute atomic E-state index is 0.0655. The summed E-state index contributed by atoms with van der Waals surface area (Å²) in [6, 6.07) is 0. The summed E-state index contributed by atoms with van der Waals surface area (Å²) in [6.07, 6.45) is 10.7. The van der Waals surface area contributed by atoms with Crippen LogP contribution in [0.4, 0.5) is 11.8 Å². The van der Waals surface area contributed by atoms with E-state index in [9.17, 15) is 14.4 Å². The Morgan fingerprint density at radius 3 is 2.25 bits per heavy atom. The molecule has 0 radical (unpaired) electrons. The van der Waals surface area contributed by atoms with Crippen molar-refractivity contribution in [3.63, 3.8) is 0 Å². The van der Waals surface area contributed by atoms with Crippen LogP contribution >= 0.6 is 0 Å². The van der Waals surface area contributed by atoms with Crippen LogP contribution in [0, 0.1) is 0 Å². The third-order valence-electron chi connectivity index (χ3n) is 3.39. The minimum atomic E-state index is -0.449. The Morgan fingerprint density at radius 2 is 1.64 bits per heavy atom. The molecule has 0 saturated heterocycles. The van der Waals surface area contributed by atoms with Gasteiger partial charge in [0.05, 0.1) is 0 Å². The third-order valence-corrected chi connectivity index (χ3v) is 3.39. The topological polar surface area (TPSA) is 130 Å². The molecule has 2 amide bonds. The molecule has 0 unspecified atom stereocenters. The highest BCUT2D eigenvalue weighted by atomic mass is 16.2. The summed E-state index contributed by atoms with van der Waals surface area (Å²) in [5.74, 6) is -0.826. The van der Waals surface area contributed by atoms with E-state index in [-0.39, 0.29) is 28.6 Å². The molecular formula is C19H22N6O3. The first kappa shape index (κ1) is 20.7. The van der Waals surface area contributed by atoms with Crippen molar-refractivity contribution in [1.29, 1.82) is 0 Å². The molecule has 2 aromatic heterocycles. The zero-order valence-electron chi connectivity index (χ0n) is 15.9. The summed E-state index contributed by atoms with van der Waals surface area (Å²) >= 11 is 0. The normalized spacial score (nSPS) is 11.7. The van der Waals surface area contributed by atoms with Gasteiger partial charge in [-0.3, -0.25) is 19.7 Å². The fraction of sp³-hybridized carbons (Fsp3) is 0.263. The van der Waals surface area contributed by atoms with Gasteiger partial charge in [-0.2, -0.15) is 9.97 Å². The van der Waals surface area contributed by atoms with E-state index in [0.29, 0.717) is 12.8 Å². The Kier molecular flexibility index (Phi) is 7.32. The number of fused-ring (bicyclic) bond motifs is 1. The number of hydrogen-bond donors (Lipinski definition) is 3. The van der Waals surface area contributed by atoms with Gasteiger partial charge in [0.25, 0.3) is 5.56 Å². The highest BCUT2D eigenvalue weighted by Gasteiger charge is 2.14. The maximum Gasteiger partial charge on any atom is 0.275 e. The van der Waals surface area contributed by atoms with Gasteiger partial charge in [0.15, 0.2) is 11.5 Å². The molecule has 28 heavy (non-hydrogen) atoms. The molecule has 0 saturated carbocycles. The molecule has 0 fully saturated rings. The monoisotopic (exact) mass is 382 g/mol. The van der Waals surface area contributed by atoms with E-state index >= 15 is 0 Å². The largest absolute Gasteiger partial charge is 0.305 e. The van der Waals surface area contributed by atoms with Crippen LogP contribution in [-0.2, 0) is 9.59 Å². The minimum Gasteiger partial charge on any atom is -0.305 e. The lowest BCUT2D eigenvalue weighted by Crippen LogP contribution is -2.18. The number of rotatable bonds is 7. The standard InChI is InChI=1S/C19H22N6O3/c1-4-7-10-13(26)21-16-15-17(23-18(28)12(20-15)9-6-3)25-19(24-16)22-14(27)11-8-5-2/h6-11H,4-5H2,1-3H3,(H3,21,22,23,24,25,26,27,28)/b9-6+,10-7+,11-8+. The number of amides is 2. The molecule has 2 rings (SSSR count). The van der Waals surface area contributed by atoms with Gasteiger partial charge in [0.2, 0.25) is 17.8 Å². The van der Waals surface area contributed by atoms with Crippen LogP contribution in [0.3, 0.4) is 0 Å². The quantitative estimate of drug-likeness (QED) is 0.631. The number of carbonyl (C=O) groups excluding carboxylic acids is 2. The van der Waals surface area contributed by atoms with Gasteiger partial charge in [-0.15, -0.1) is 0 Å². The third kappa shape index (κ3) is 5.44. The van der Waals surface area contributed by atoms with Crippen molar-refractivity contribution in [1.82, 2.24) is 19.9 Å². The SMILES string of the molecule is C/C=C/c1nc2c(NC(=O)/C=C/CC)nc(NC(=O)/C=C/CC)nc2[nH]c1=O. The molecule has 146 valence electrons. The molecule has 0 spiro atoms. The maximum absolute atomic E-state index is 12.1. The Morgan fingerprint density at radius 1 is 1.00 bits per heavy atom.